The van der Waals surface area contributed by atoms with Crippen molar-refractivity contribution in [2.75, 3.05) is 0 Å². The van der Waals surface area contributed by atoms with Crippen LogP contribution in [0.15, 0.2) is 44.2 Å². The Morgan fingerprint density at radius 1 is 0.667 bits per heavy atom. The zero-order chi connectivity index (χ0) is 14.4. The maximum Gasteiger partial charge on any atom is 0.109 e. The molecule has 7 heteroatoms. The second-order valence-corrected chi connectivity index (χ2v) is 10.2. The van der Waals surface area contributed by atoms with E-state index in [1.165, 1.54) is 19.5 Å². The third-order valence-electron chi connectivity index (χ3n) is 2.93. The highest BCUT2D eigenvalue weighted by molar-refractivity contribution is 9.11. The van der Waals surface area contributed by atoms with Gasteiger partial charge in [-0.3, -0.25) is 9.97 Å². The number of thiophene rings is 3. The maximum atomic E-state index is 4.55. The Balaban J connectivity index is 2.01. The van der Waals surface area contributed by atoms with Crippen LogP contribution in [0.2, 0.25) is 0 Å². The van der Waals surface area contributed by atoms with Crippen LogP contribution in [-0.4, -0.2) is 9.97 Å². The van der Waals surface area contributed by atoms with E-state index in [-0.39, 0.29) is 0 Å². The second-order valence-electron chi connectivity index (χ2n) is 4.22. The highest BCUT2D eigenvalue weighted by Gasteiger charge is 2.18. The quantitative estimate of drug-likeness (QED) is 0.335. The number of halogens is 2. The molecule has 21 heavy (non-hydrogen) atoms. The number of rotatable bonds is 2. The van der Waals surface area contributed by atoms with Crippen molar-refractivity contribution in [3.63, 3.8) is 0 Å². The number of nitrogens with zero attached hydrogens (tertiary/aromatic N) is 2. The summed E-state index contributed by atoms with van der Waals surface area (Å²) in [7, 11) is 0. The SMILES string of the molecule is Brc1ccc(-c2sc(-c3ccc(Br)s3)c3nccnc23)s1. The largest absolute Gasteiger partial charge is 0.251 e. The summed E-state index contributed by atoms with van der Waals surface area (Å²) < 4.78 is 2.26. The smallest absolute Gasteiger partial charge is 0.109 e. The first-order valence-corrected chi connectivity index (χ1v) is 10.0. The van der Waals surface area contributed by atoms with Gasteiger partial charge in [-0.15, -0.1) is 34.0 Å². The van der Waals surface area contributed by atoms with Crippen molar-refractivity contribution in [3.05, 3.63) is 44.2 Å². The zero-order valence-electron chi connectivity index (χ0n) is 10.3. The van der Waals surface area contributed by atoms with Crippen LogP contribution in [0.1, 0.15) is 0 Å². The van der Waals surface area contributed by atoms with E-state index in [9.17, 15) is 0 Å². The Kier molecular flexibility index (Phi) is 3.71. The van der Waals surface area contributed by atoms with Gasteiger partial charge in [0.25, 0.3) is 0 Å². The van der Waals surface area contributed by atoms with Crippen molar-refractivity contribution in [3.8, 4) is 19.5 Å². The lowest BCUT2D eigenvalue weighted by molar-refractivity contribution is 1.31. The highest BCUT2D eigenvalue weighted by atomic mass is 79.9. The molecule has 0 unspecified atom stereocenters. The molecule has 0 saturated heterocycles. The lowest BCUT2D eigenvalue weighted by Crippen LogP contribution is -1.79. The van der Waals surface area contributed by atoms with Crippen LogP contribution < -0.4 is 0 Å². The van der Waals surface area contributed by atoms with Crippen molar-refractivity contribution in [1.29, 1.82) is 0 Å². The fraction of sp³-hybridized carbons (Fsp3) is 0. The van der Waals surface area contributed by atoms with E-state index in [0.29, 0.717) is 0 Å². The van der Waals surface area contributed by atoms with Crippen LogP contribution in [0.4, 0.5) is 0 Å². The Bertz CT molecular complexity index is 864. The molecule has 0 bridgehead atoms. The molecule has 0 saturated carbocycles. The summed E-state index contributed by atoms with van der Waals surface area (Å²) in [4.78, 5) is 13.9. The second kappa shape index (κ2) is 5.55. The Morgan fingerprint density at radius 2 is 1.14 bits per heavy atom. The van der Waals surface area contributed by atoms with E-state index in [0.717, 1.165) is 18.6 Å². The molecule has 2 nitrogen and oxygen atoms in total. The molecule has 0 atom stereocenters. The molecular weight excluding hydrogens is 452 g/mol. The summed E-state index contributed by atoms with van der Waals surface area (Å²) >= 11 is 12.3. The van der Waals surface area contributed by atoms with E-state index < -0.39 is 0 Å². The Labute approximate surface area is 149 Å². The van der Waals surface area contributed by atoms with Crippen molar-refractivity contribution < 1.29 is 0 Å². The van der Waals surface area contributed by atoms with E-state index >= 15 is 0 Å². The van der Waals surface area contributed by atoms with E-state index in [1.807, 2.05) is 0 Å². The summed E-state index contributed by atoms with van der Waals surface area (Å²) in [6.45, 7) is 0. The van der Waals surface area contributed by atoms with Gasteiger partial charge in [-0.25, -0.2) is 0 Å². The molecule has 4 heterocycles. The minimum atomic E-state index is 0.983. The van der Waals surface area contributed by atoms with Crippen LogP contribution >= 0.6 is 65.9 Å². The number of fused-ring (bicyclic) bond motifs is 1. The molecule has 104 valence electrons. The number of hydrogen-bond donors (Lipinski definition) is 0. The highest BCUT2D eigenvalue weighted by Crippen LogP contribution is 2.46. The summed E-state index contributed by atoms with van der Waals surface area (Å²) in [5, 5.41) is 0. The first kappa shape index (κ1) is 14.0. The van der Waals surface area contributed by atoms with Crippen LogP contribution in [0, 0.1) is 0 Å². The molecule has 4 aromatic rings. The first-order chi connectivity index (χ1) is 10.2. The fourth-order valence-electron chi connectivity index (χ4n) is 2.08. The topological polar surface area (TPSA) is 25.8 Å². The predicted octanol–water partition coefficient (Wildman–Crippen LogP) is 6.67. The van der Waals surface area contributed by atoms with Gasteiger partial charge in [0.15, 0.2) is 0 Å². The third-order valence-corrected chi connectivity index (χ3v) is 7.70. The molecule has 0 spiro atoms. The monoisotopic (exact) mass is 456 g/mol. The Morgan fingerprint density at radius 3 is 1.52 bits per heavy atom. The summed E-state index contributed by atoms with van der Waals surface area (Å²) in [5.74, 6) is 0. The molecule has 0 aliphatic rings. The molecule has 4 aromatic heterocycles. The first-order valence-electron chi connectivity index (χ1n) is 5.97. The predicted molar refractivity (Wildman–Crippen MR) is 99.4 cm³/mol. The van der Waals surface area contributed by atoms with Gasteiger partial charge in [0.05, 0.1) is 17.3 Å². The van der Waals surface area contributed by atoms with Crippen molar-refractivity contribution >= 4 is 76.9 Å². The maximum absolute atomic E-state index is 4.55. The summed E-state index contributed by atoms with van der Waals surface area (Å²) in [5.41, 5.74) is 1.97. The van der Waals surface area contributed by atoms with Crippen LogP contribution in [0.5, 0.6) is 0 Å². The lowest BCUT2D eigenvalue weighted by Gasteiger charge is -1.92. The van der Waals surface area contributed by atoms with Gasteiger partial charge in [0.1, 0.15) is 11.0 Å². The zero-order valence-corrected chi connectivity index (χ0v) is 16.0. The molecule has 0 aliphatic carbocycles. The van der Waals surface area contributed by atoms with Gasteiger partial charge in [0.2, 0.25) is 0 Å². The molecular formula is C14H6Br2N2S3. The molecule has 0 amide bonds. The van der Waals surface area contributed by atoms with Gasteiger partial charge in [0, 0.05) is 22.1 Å². The van der Waals surface area contributed by atoms with E-state index in [1.54, 1.807) is 46.4 Å². The van der Waals surface area contributed by atoms with Crippen molar-refractivity contribution in [2.24, 2.45) is 0 Å². The molecule has 0 aliphatic heterocycles. The normalized spacial score (nSPS) is 11.3. The average Bonchev–Trinajstić information content (AvgIpc) is 3.17. The molecule has 0 N–H and O–H groups in total. The van der Waals surface area contributed by atoms with Gasteiger partial charge in [-0.2, -0.15) is 0 Å². The van der Waals surface area contributed by atoms with Gasteiger partial charge in [-0.1, -0.05) is 0 Å². The van der Waals surface area contributed by atoms with Gasteiger partial charge in [-0.05, 0) is 56.1 Å². The van der Waals surface area contributed by atoms with Gasteiger partial charge >= 0.3 is 0 Å². The van der Waals surface area contributed by atoms with Gasteiger partial charge < -0.3 is 0 Å². The minimum Gasteiger partial charge on any atom is -0.251 e. The molecule has 0 radical (unpaired) electrons. The van der Waals surface area contributed by atoms with Crippen LogP contribution in [0.3, 0.4) is 0 Å². The summed E-state index contributed by atoms with van der Waals surface area (Å²) in [6.07, 6.45) is 3.52. The van der Waals surface area contributed by atoms with Crippen molar-refractivity contribution in [2.45, 2.75) is 0 Å². The van der Waals surface area contributed by atoms with Crippen LogP contribution in [-0.2, 0) is 0 Å². The van der Waals surface area contributed by atoms with Crippen LogP contribution in [0.25, 0.3) is 30.5 Å². The summed E-state index contributed by atoms with van der Waals surface area (Å²) in [6, 6.07) is 8.40. The molecule has 0 aromatic carbocycles. The third kappa shape index (κ3) is 2.51. The molecule has 0 fully saturated rings. The minimum absolute atomic E-state index is 0.983. The van der Waals surface area contributed by atoms with E-state index in [2.05, 4.69) is 66.1 Å². The average molecular weight is 458 g/mol. The fourth-order valence-corrected chi connectivity index (χ4v) is 6.26. The Hall–Kier alpha value is -0.600. The lowest BCUT2D eigenvalue weighted by atomic mass is 10.3. The molecule has 4 rings (SSSR count). The number of hydrogen-bond acceptors (Lipinski definition) is 5. The standard InChI is InChI=1S/C14H6Br2N2S3/c15-9-3-1-7(19-9)13-11-12(18-6-5-17-11)14(21-13)8-2-4-10(16)20-8/h1-6H. The van der Waals surface area contributed by atoms with Crippen molar-refractivity contribution in [1.82, 2.24) is 9.97 Å². The number of aromatic nitrogens is 2. The van der Waals surface area contributed by atoms with E-state index in [4.69, 9.17) is 0 Å².